The SMILES string of the molecule is COc1cc(N)cc(Nc2cc(Br)ccc2OC)c1. The molecule has 0 heterocycles. The van der Waals surface area contributed by atoms with Crippen LogP contribution in [0.5, 0.6) is 11.5 Å². The molecule has 0 aliphatic rings. The van der Waals surface area contributed by atoms with Gasteiger partial charge in [-0.25, -0.2) is 0 Å². The summed E-state index contributed by atoms with van der Waals surface area (Å²) >= 11 is 3.44. The van der Waals surface area contributed by atoms with E-state index in [4.69, 9.17) is 15.2 Å². The van der Waals surface area contributed by atoms with Gasteiger partial charge in [-0.3, -0.25) is 0 Å². The fourth-order valence-corrected chi connectivity index (χ4v) is 2.11. The first-order valence-corrected chi connectivity index (χ1v) is 6.47. The maximum atomic E-state index is 5.83. The van der Waals surface area contributed by atoms with Gasteiger partial charge < -0.3 is 20.5 Å². The maximum absolute atomic E-state index is 5.83. The zero-order valence-corrected chi connectivity index (χ0v) is 12.3. The number of nitrogens with one attached hydrogen (secondary N) is 1. The molecule has 0 fully saturated rings. The van der Waals surface area contributed by atoms with Crippen molar-refractivity contribution in [1.29, 1.82) is 0 Å². The van der Waals surface area contributed by atoms with Crippen LogP contribution in [-0.4, -0.2) is 14.2 Å². The van der Waals surface area contributed by atoms with E-state index in [0.29, 0.717) is 11.4 Å². The van der Waals surface area contributed by atoms with E-state index in [9.17, 15) is 0 Å². The molecule has 2 rings (SSSR count). The molecule has 0 saturated carbocycles. The molecule has 0 radical (unpaired) electrons. The molecule has 3 N–H and O–H groups in total. The Labute approximate surface area is 120 Å². The van der Waals surface area contributed by atoms with Crippen molar-refractivity contribution in [1.82, 2.24) is 0 Å². The molecule has 0 saturated heterocycles. The smallest absolute Gasteiger partial charge is 0.142 e. The Bertz CT molecular complexity index is 588. The fourth-order valence-electron chi connectivity index (χ4n) is 1.75. The van der Waals surface area contributed by atoms with E-state index in [2.05, 4.69) is 21.2 Å². The zero-order chi connectivity index (χ0) is 13.8. The standard InChI is InChI=1S/C14H15BrN2O2/c1-18-12-7-10(16)6-11(8-12)17-13-5-9(15)3-4-14(13)19-2/h3-8,17H,16H2,1-2H3. The summed E-state index contributed by atoms with van der Waals surface area (Å²) in [7, 11) is 3.24. The fraction of sp³-hybridized carbons (Fsp3) is 0.143. The van der Waals surface area contributed by atoms with Crippen molar-refractivity contribution in [3.63, 3.8) is 0 Å². The van der Waals surface area contributed by atoms with Crippen LogP contribution in [-0.2, 0) is 0 Å². The topological polar surface area (TPSA) is 56.5 Å². The third kappa shape index (κ3) is 3.32. The molecule has 0 amide bonds. The first-order chi connectivity index (χ1) is 9.12. The Hall–Kier alpha value is -1.88. The van der Waals surface area contributed by atoms with Crippen molar-refractivity contribution in [3.05, 3.63) is 40.9 Å². The van der Waals surface area contributed by atoms with Crippen LogP contribution in [0.4, 0.5) is 17.1 Å². The zero-order valence-electron chi connectivity index (χ0n) is 10.7. The average molecular weight is 323 g/mol. The molecule has 2 aromatic carbocycles. The third-order valence-corrected chi connectivity index (χ3v) is 3.10. The van der Waals surface area contributed by atoms with Crippen LogP contribution >= 0.6 is 15.9 Å². The molecule has 0 bridgehead atoms. The number of hydrogen-bond acceptors (Lipinski definition) is 4. The summed E-state index contributed by atoms with van der Waals surface area (Å²) in [5, 5.41) is 3.26. The van der Waals surface area contributed by atoms with E-state index in [1.165, 1.54) is 0 Å². The predicted octanol–water partition coefficient (Wildman–Crippen LogP) is 3.79. The molecule has 0 unspecified atom stereocenters. The van der Waals surface area contributed by atoms with E-state index in [1.54, 1.807) is 20.3 Å². The lowest BCUT2D eigenvalue weighted by Crippen LogP contribution is -1.97. The number of anilines is 3. The number of methoxy groups -OCH3 is 2. The minimum absolute atomic E-state index is 0.635. The van der Waals surface area contributed by atoms with Crippen LogP contribution in [0.1, 0.15) is 0 Å². The van der Waals surface area contributed by atoms with Crippen LogP contribution in [0.3, 0.4) is 0 Å². The number of ether oxygens (including phenoxy) is 2. The summed E-state index contributed by atoms with van der Waals surface area (Å²) in [6, 6.07) is 11.2. The van der Waals surface area contributed by atoms with E-state index in [1.807, 2.05) is 30.3 Å². The number of nitrogen functional groups attached to an aromatic ring is 1. The molecule has 2 aromatic rings. The summed E-state index contributed by atoms with van der Waals surface area (Å²) in [6.45, 7) is 0. The van der Waals surface area contributed by atoms with Crippen molar-refractivity contribution < 1.29 is 9.47 Å². The number of rotatable bonds is 4. The molecule has 19 heavy (non-hydrogen) atoms. The summed E-state index contributed by atoms with van der Waals surface area (Å²) in [5.74, 6) is 1.46. The lowest BCUT2D eigenvalue weighted by atomic mass is 10.2. The third-order valence-electron chi connectivity index (χ3n) is 2.61. The van der Waals surface area contributed by atoms with E-state index in [-0.39, 0.29) is 0 Å². The normalized spacial score (nSPS) is 10.1. The highest BCUT2D eigenvalue weighted by molar-refractivity contribution is 9.10. The molecule has 4 nitrogen and oxygen atoms in total. The Kier molecular flexibility index (Phi) is 4.16. The highest BCUT2D eigenvalue weighted by Gasteiger charge is 2.05. The second-order valence-corrected chi connectivity index (χ2v) is 4.88. The van der Waals surface area contributed by atoms with Crippen molar-refractivity contribution in [2.24, 2.45) is 0 Å². The van der Waals surface area contributed by atoms with Gasteiger partial charge >= 0.3 is 0 Å². The highest BCUT2D eigenvalue weighted by atomic mass is 79.9. The number of hydrogen-bond donors (Lipinski definition) is 2. The predicted molar refractivity (Wildman–Crippen MR) is 81.4 cm³/mol. The van der Waals surface area contributed by atoms with Crippen LogP contribution in [0.2, 0.25) is 0 Å². The summed E-state index contributed by atoms with van der Waals surface area (Å²) < 4.78 is 11.5. The lowest BCUT2D eigenvalue weighted by Gasteiger charge is -2.13. The number of benzene rings is 2. The van der Waals surface area contributed by atoms with Crippen molar-refractivity contribution >= 4 is 33.0 Å². The molecule has 5 heteroatoms. The van der Waals surface area contributed by atoms with Crippen LogP contribution in [0.15, 0.2) is 40.9 Å². The number of nitrogens with two attached hydrogens (primary N) is 1. The Morgan fingerprint density at radius 1 is 1.05 bits per heavy atom. The van der Waals surface area contributed by atoms with Gasteiger partial charge in [0, 0.05) is 28.0 Å². The van der Waals surface area contributed by atoms with E-state index < -0.39 is 0 Å². The minimum Gasteiger partial charge on any atom is -0.497 e. The van der Waals surface area contributed by atoms with Crippen LogP contribution in [0.25, 0.3) is 0 Å². The molecule has 0 spiro atoms. The maximum Gasteiger partial charge on any atom is 0.142 e. The molecule has 0 aliphatic heterocycles. The lowest BCUT2D eigenvalue weighted by molar-refractivity contribution is 0.415. The van der Waals surface area contributed by atoms with Gasteiger partial charge in [0.05, 0.1) is 19.9 Å². The highest BCUT2D eigenvalue weighted by Crippen LogP contribution is 2.32. The monoisotopic (exact) mass is 322 g/mol. The molecule has 0 atom stereocenters. The van der Waals surface area contributed by atoms with Gasteiger partial charge in [0.1, 0.15) is 11.5 Å². The summed E-state index contributed by atoms with van der Waals surface area (Å²) in [6.07, 6.45) is 0. The van der Waals surface area contributed by atoms with Crippen LogP contribution < -0.4 is 20.5 Å². The Balaban J connectivity index is 2.35. The van der Waals surface area contributed by atoms with Gasteiger partial charge in [-0.05, 0) is 24.3 Å². The van der Waals surface area contributed by atoms with Gasteiger partial charge in [-0.1, -0.05) is 15.9 Å². The van der Waals surface area contributed by atoms with Gasteiger partial charge in [-0.2, -0.15) is 0 Å². The van der Waals surface area contributed by atoms with Crippen LogP contribution in [0, 0.1) is 0 Å². The molecule has 100 valence electrons. The second-order valence-electron chi connectivity index (χ2n) is 3.96. The van der Waals surface area contributed by atoms with Gasteiger partial charge in [0.15, 0.2) is 0 Å². The van der Waals surface area contributed by atoms with Crippen molar-refractivity contribution in [2.75, 3.05) is 25.3 Å². The van der Waals surface area contributed by atoms with Crippen molar-refractivity contribution in [3.8, 4) is 11.5 Å². The first kappa shape index (κ1) is 13.5. The Morgan fingerprint density at radius 2 is 1.84 bits per heavy atom. The average Bonchev–Trinajstić information content (AvgIpc) is 2.38. The summed E-state index contributed by atoms with van der Waals surface area (Å²) in [4.78, 5) is 0. The quantitative estimate of drug-likeness (QED) is 0.841. The van der Waals surface area contributed by atoms with Gasteiger partial charge in [-0.15, -0.1) is 0 Å². The Morgan fingerprint density at radius 3 is 2.53 bits per heavy atom. The van der Waals surface area contributed by atoms with Gasteiger partial charge in [0.2, 0.25) is 0 Å². The van der Waals surface area contributed by atoms with E-state index in [0.717, 1.165) is 21.6 Å². The molecule has 0 aromatic heterocycles. The summed E-state index contributed by atoms with van der Waals surface area (Å²) in [5.41, 5.74) is 8.16. The largest absolute Gasteiger partial charge is 0.497 e. The first-order valence-electron chi connectivity index (χ1n) is 5.67. The van der Waals surface area contributed by atoms with Crippen molar-refractivity contribution in [2.45, 2.75) is 0 Å². The minimum atomic E-state index is 0.635. The van der Waals surface area contributed by atoms with Gasteiger partial charge in [0.25, 0.3) is 0 Å². The second kappa shape index (κ2) is 5.84. The molecular weight excluding hydrogens is 308 g/mol. The molecule has 0 aliphatic carbocycles. The number of halogens is 1. The van der Waals surface area contributed by atoms with E-state index >= 15 is 0 Å². The molecular formula is C14H15BrN2O2.